The first-order valence-electron chi connectivity index (χ1n) is 10.8. The smallest absolute Gasteiger partial charge is 0.338 e. The van der Waals surface area contributed by atoms with E-state index in [1.165, 1.54) is 12.1 Å². The Bertz CT molecular complexity index is 1190. The van der Waals surface area contributed by atoms with E-state index in [4.69, 9.17) is 4.52 Å². The van der Waals surface area contributed by atoms with Crippen LogP contribution >= 0.6 is 0 Å². The molecule has 0 aliphatic carbocycles. The summed E-state index contributed by atoms with van der Waals surface area (Å²) in [5, 5.41) is 3.82. The number of carbonyl (C=O) groups is 1. The summed E-state index contributed by atoms with van der Waals surface area (Å²) in [6.07, 6.45) is -4.45. The number of piperazine rings is 1. The van der Waals surface area contributed by atoms with Crippen LogP contribution in [-0.2, 0) is 23.5 Å². The van der Waals surface area contributed by atoms with Crippen molar-refractivity contribution in [3.05, 3.63) is 65.5 Å². The number of alkyl halides is 3. The molecule has 3 aromatic rings. The Balaban J connectivity index is 1.37. The van der Waals surface area contributed by atoms with Crippen LogP contribution in [0.1, 0.15) is 28.7 Å². The number of rotatable bonds is 6. The van der Waals surface area contributed by atoms with Gasteiger partial charge < -0.3 is 9.42 Å². The third-order valence-electron chi connectivity index (χ3n) is 5.56. The second-order valence-corrected chi connectivity index (χ2v) is 9.50. The van der Waals surface area contributed by atoms with Crippen molar-refractivity contribution in [2.24, 2.45) is 0 Å². The van der Waals surface area contributed by atoms with Crippen molar-refractivity contribution in [2.45, 2.75) is 24.5 Å². The molecule has 1 aliphatic heterocycles. The molecule has 1 unspecified atom stereocenters. The SMILES string of the molecule is CCS(=O)c1ccccc1C(=O)N1CCN(Cc2nc(-c3cccc(C(F)(F)F)c3)no2)CC1. The predicted octanol–water partition coefficient (Wildman–Crippen LogP) is 3.84. The van der Waals surface area contributed by atoms with Crippen molar-refractivity contribution in [1.82, 2.24) is 19.9 Å². The molecule has 2 heterocycles. The molecule has 34 heavy (non-hydrogen) atoms. The van der Waals surface area contributed by atoms with E-state index >= 15 is 0 Å². The fourth-order valence-electron chi connectivity index (χ4n) is 3.74. The molecule has 1 aromatic heterocycles. The monoisotopic (exact) mass is 492 g/mol. The van der Waals surface area contributed by atoms with Gasteiger partial charge in [0.25, 0.3) is 5.91 Å². The van der Waals surface area contributed by atoms with Gasteiger partial charge in [-0.15, -0.1) is 0 Å². The van der Waals surface area contributed by atoms with Crippen molar-refractivity contribution in [3.63, 3.8) is 0 Å². The second-order valence-electron chi connectivity index (χ2n) is 7.79. The van der Waals surface area contributed by atoms with Crippen LogP contribution in [0, 0.1) is 0 Å². The fraction of sp³-hybridized carbons (Fsp3) is 0.348. The summed E-state index contributed by atoms with van der Waals surface area (Å²) in [4.78, 5) is 21.6. The van der Waals surface area contributed by atoms with Crippen molar-refractivity contribution in [2.75, 3.05) is 31.9 Å². The molecule has 0 radical (unpaired) electrons. The summed E-state index contributed by atoms with van der Waals surface area (Å²) in [6.45, 7) is 4.20. The molecule has 1 saturated heterocycles. The first kappa shape index (κ1) is 24.1. The van der Waals surface area contributed by atoms with Crippen LogP contribution in [0.2, 0.25) is 0 Å². The van der Waals surface area contributed by atoms with E-state index in [0.29, 0.717) is 48.9 Å². The molecule has 1 aliphatic rings. The highest BCUT2D eigenvalue weighted by molar-refractivity contribution is 7.85. The van der Waals surface area contributed by atoms with Gasteiger partial charge in [0.05, 0.1) is 33.4 Å². The van der Waals surface area contributed by atoms with Crippen LogP contribution in [0.5, 0.6) is 0 Å². The molecule has 0 saturated carbocycles. The van der Waals surface area contributed by atoms with Gasteiger partial charge in [0, 0.05) is 37.5 Å². The molecule has 0 spiro atoms. The Morgan fingerprint density at radius 3 is 2.53 bits per heavy atom. The molecule has 7 nitrogen and oxygen atoms in total. The van der Waals surface area contributed by atoms with E-state index in [-0.39, 0.29) is 23.2 Å². The molecule has 1 amide bonds. The number of aromatic nitrogens is 2. The molecular formula is C23H23F3N4O3S. The molecule has 4 rings (SSSR count). The molecule has 1 atom stereocenters. The summed E-state index contributed by atoms with van der Waals surface area (Å²) >= 11 is 0. The number of carbonyl (C=O) groups excluding carboxylic acids is 1. The number of hydrogen-bond acceptors (Lipinski definition) is 6. The van der Waals surface area contributed by atoms with E-state index in [0.717, 1.165) is 12.1 Å². The van der Waals surface area contributed by atoms with Gasteiger partial charge in [-0.2, -0.15) is 18.2 Å². The average Bonchev–Trinajstić information content (AvgIpc) is 3.31. The molecule has 0 N–H and O–H groups in total. The van der Waals surface area contributed by atoms with Gasteiger partial charge in [-0.05, 0) is 24.3 Å². The lowest BCUT2D eigenvalue weighted by Crippen LogP contribution is -2.48. The minimum Gasteiger partial charge on any atom is -0.338 e. The lowest BCUT2D eigenvalue weighted by molar-refractivity contribution is -0.137. The first-order chi connectivity index (χ1) is 16.3. The Morgan fingerprint density at radius 1 is 1.09 bits per heavy atom. The zero-order valence-corrected chi connectivity index (χ0v) is 19.2. The predicted molar refractivity (Wildman–Crippen MR) is 119 cm³/mol. The lowest BCUT2D eigenvalue weighted by atomic mass is 10.1. The van der Waals surface area contributed by atoms with Gasteiger partial charge in [0.2, 0.25) is 11.7 Å². The Kier molecular flexibility index (Phi) is 7.13. The fourth-order valence-corrected chi connectivity index (χ4v) is 4.68. The van der Waals surface area contributed by atoms with Gasteiger partial charge >= 0.3 is 6.18 Å². The van der Waals surface area contributed by atoms with E-state index in [9.17, 15) is 22.2 Å². The van der Waals surface area contributed by atoms with Gasteiger partial charge in [-0.3, -0.25) is 13.9 Å². The second kappa shape index (κ2) is 10.1. The first-order valence-corrected chi connectivity index (χ1v) is 12.1. The Hall–Kier alpha value is -3.05. The third-order valence-corrected chi connectivity index (χ3v) is 6.93. The highest BCUT2D eigenvalue weighted by atomic mass is 32.2. The number of halogens is 3. The summed E-state index contributed by atoms with van der Waals surface area (Å²) < 4.78 is 56.4. The summed E-state index contributed by atoms with van der Waals surface area (Å²) in [5.74, 6) is 0.665. The van der Waals surface area contributed by atoms with E-state index in [2.05, 4.69) is 10.1 Å². The molecule has 11 heteroatoms. The van der Waals surface area contributed by atoms with Crippen LogP contribution in [0.25, 0.3) is 11.4 Å². The summed E-state index contributed by atoms with van der Waals surface area (Å²) in [5.41, 5.74) is -0.0939. The molecule has 0 bridgehead atoms. The third kappa shape index (κ3) is 5.36. The largest absolute Gasteiger partial charge is 0.416 e. The molecular weight excluding hydrogens is 469 g/mol. The standard InChI is InChI=1S/C23H23F3N4O3S/c1-2-34(32)19-9-4-3-8-18(19)22(31)30-12-10-29(11-13-30)15-20-27-21(28-33-20)16-6-5-7-17(14-16)23(24,25)26/h3-9,14H,2,10-13,15H2,1H3. The summed E-state index contributed by atoms with van der Waals surface area (Å²) in [7, 11) is -1.23. The Morgan fingerprint density at radius 2 is 1.82 bits per heavy atom. The van der Waals surface area contributed by atoms with Crippen LogP contribution in [0.15, 0.2) is 57.9 Å². The zero-order chi connectivity index (χ0) is 24.3. The number of amides is 1. The van der Waals surface area contributed by atoms with Gasteiger partial charge in [-0.1, -0.05) is 36.3 Å². The molecule has 1 fully saturated rings. The van der Waals surface area contributed by atoms with Crippen molar-refractivity contribution >= 4 is 16.7 Å². The van der Waals surface area contributed by atoms with Gasteiger partial charge in [0.15, 0.2) is 0 Å². The maximum Gasteiger partial charge on any atom is 0.416 e. The minimum absolute atomic E-state index is 0.0930. The summed E-state index contributed by atoms with van der Waals surface area (Å²) in [6, 6.07) is 11.7. The normalized spacial score (nSPS) is 15.9. The van der Waals surface area contributed by atoms with E-state index < -0.39 is 22.5 Å². The molecule has 180 valence electrons. The molecule has 2 aromatic carbocycles. The number of nitrogens with zero attached hydrogens (tertiary/aromatic N) is 4. The lowest BCUT2D eigenvalue weighted by Gasteiger charge is -2.34. The van der Waals surface area contributed by atoms with Crippen LogP contribution in [0.4, 0.5) is 13.2 Å². The highest BCUT2D eigenvalue weighted by Gasteiger charge is 2.31. The minimum atomic E-state index is -4.45. The maximum atomic E-state index is 13.0. The van der Waals surface area contributed by atoms with E-state index in [1.807, 2.05) is 11.8 Å². The van der Waals surface area contributed by atoms with Gasteiger partial charge in [0.1, 0.15) is 0 Å². The van der Waals surface area contributed by atoms with Gasteiger partial charge in [-0.25, -0.2) is 0 Å². The van der Waals surface area contributed by atoms with Crippen LogP contribution < -0.4 is 0 Å². The highest BCUT2D eigenvalue weighted by Crippen LogP contribution is 2.31. The van der Waals surface area contributed by atoms with Crippen molar-refractivity contribution in [3.8, 4) is 11.4 Å². The van der Waals surface area contributed by atoms with Crippen molar-refractivity contribution < 1.29 is 26.7 Å². The van der Waals surface area contributed by atoms with Crippen LogP contribution in [-0.4, -0.2) is 62.0 Å². The van der Waals surface area contributed by atoms with E-state index in [1.54, 1.807) is 29.2 Å². The quantitative estimate of drug-likeness (QED) is 0.520. The zero-order valence-electron chi connectivity index (χ0n) is 18.4. The Labute approximate surface area is 197 Å². The van der Waals surface area contributed by atoms with Crippen molar-refractivity contribution in [1.29, 1.82) is 0 Å². The number of hydrogen-bond donors (Lipinski definition) is 0. The number of benzene rings is 2. The maximum absolute atomic E-state index is 13.0. The topological polar surface area (TPSA) is 79.5 Å². The van der Waals surface area contributed by atoms with Crippen LogP contribution in [0.3, 0.4) is 0 Å². The average molecular weight is 493 g/mol.